The van der Waals surface area contributed by atoms with E-state index < -0.39 is 0 Å². The van der Waals surface area contributed by atoms with Gasteiger partial charge in [-0.2, -0.15) is 11.3 Å². The van der Waals surface area contributed by atoms with Crippen molar-refractivity contribution < 1.29 is 5.11 Å². The van der Waals surface area contributed by atoms with E-state index in [0.29, 0.717) is 11.8 Å². The highest BCUT2D eigenvalue weighted by molar-refractivity contribution is 7.08. The van der Waals surface area contributed by atoms with Crippen LogP contribution in [0.4, 0.5) is 11.4 Å². The van der Waals surface area contributed by atoms with Crippen molar-refractivity contribution in [1.82, 2.24) is 9.88 Å². The third kappa shape index (κ3) is 3.72. The molecule has 1 aromatic carbocycles. The molecule has 4 rings (SSSR count). The van der Waals surface area contributed by atoms with Crippen LogP contribution in [0, 0.1) is 0 Å². The first-order valence-electron chi connectivity index (χ1n) is 8.75. The molecule has 130 valence electrons. The maximum absolute atomic E-state index is 9.91. The smallest absolute Gasteiger partial charge is 0.117 e. The van der Waals surface area contributed by atoms with Crippen LogP contribution in [0.25, 0.3) is 0 Å². The SMILES string of the molecule is Oc1cccc(N(c2ccsc2)C2CCN(Cc3ccc[nH]3)CC2)c1. The molecule has 0 amide bonds. The van der Waals surface area contributed by atoms with Gasteiger partial charge in [0.1, 0.15) is 5.75 Å². The van der Waals surface area contributed by atoms with Gasteiger partial charge in [-0.15, -0.1) is 0 Å². The van der Waals surface area contributed by atoms with E-state index in [1.54, 1.807) is 17.4 Å². The van der Waals surface area contributed by atoms with Gasteiger partial charge in [0.05, 0.1) is 5.69 Å². The summed E-state index contributed by atoms with van der Waals surface area (Å²) in [5.41, 5.74) is 3.57. The van der Waals surface area contributed by atoms with E-state index >= 15 is 0 Å². The van der Waals surface area contributed by atoms with E-state index in [0.717, 1.165) is 38.2 Å². The zero-order chi connectivity index (χ0) is 17.1. The minimum absolute atomic E-state index is 0.321. The Labute approximate surface area is 152 Å². The summed E-state index contributed by atoms with van der Waals surface area (Å²) in [5.74, 6) is 0.321. The molecule has 3 aromatic rings. The van der Waals surface area contributed by atoms with E-state index in [-0.39, 0.29) is 0 Å². The van der Waals surface area contributed by atoms with Gasteiger partial charge in [-0.3, -0.25) is 4.90 Å². The van der Waals surface area contributed by atoms with E-state index in [1.165, 1.54) is 11.4 Å². The summed E-state index contributed by atoms with van der Waals surface area (Å²) in [6.45, 7) is 3.16. The number of rotatable bonds is 5. The molecule has 0 unspecified atom stereocenters. The lowest BCUT2D eigenvalue weighted by molar-refractivity contribution is 0.203. The highest BCUT2D eigenvalue weighted by Crippen LogP contribution is 2.34. The van der Waals surface area contributed by atoms with Crippen molar-refractivity contribution in [2.45, 2.75) is 25.4 Å². The molecular formula is C20H23N3OS. The standard InChI is InChI=1S/C20H23N3OS/c24-20-5-1-4-18(13-20)23(19-8-12-25-15-19)17-6-10-22(11-7-17)14-16-3-2-9-21-16/h1-5,8-9,12-13,15,17,21,24H,6-7,10-11,14H2. The van der Waals surface area contributed by atoms with Gasteiger partial charge in [0, 0.05) is 54.7 Å². The summed E-state index contributed by atoms with van der Waals surface area (Å²) in [5, 5.41) is 14.2. The molecule has 0 saturated carbocycles. The van der Waals surface area contributed by atoms with Crippen molar-refractivity contribution in [3.8, 4) is 5.75 Å². The summed E-state index contributed by atoms with van der Waals surface area (Å²) < 4.78 is 0. The van der Waals surface area contributed by atoms with E-state index in [2.05, 4.69) is 49.8 Å². The van der Waals surface area contributed by atoms with Gasteiger partial charge >= 0.3 is 0 Å². The van der Waals surface area contributed by atoms with Gasteiger partial charge in [0.25, 0.3) is 0 Å². The van der Waals surface area contributed by atoms with Crippen LogP contribution in [0.1, 0.15) is 18.5 Å². The molecule has 5 heteroatoms. The maximum Gasteiger partial charge on any atom is 0.117 e. The second-order valence-corrected chi connectivity index (χ2v) is 7.35. The topological polar surface area (TPSA) is 42.5 Å². The lowest BCUT2D eigenvalue weighted by Crippen LogP contribution is -2.42. The van der Waals surface area contributed by atoms with Gasteiger partial charge in [0.15, 0.2) is 0 Å². The second-order valence-electron chi connectivity index (χ2n) is 6.57. The van der Waals surface area contributed by atoms with Crippen molar-refractivity contribution in [2.75, 3.05) is 18.0 Å². The first-order chi connectivity index (χ1) is 12.3. The van der Waals surface area contributed by atoms with Gasteiger partial charge in [-0.25, -0.2) is 0 Å². The number of phenols is 1. The average Bonchev–Trinajstić information content (AvgIpc) is 3.31. The van der Waals surface area contributed by atoms with Gasteiger partial charge < -0.3 is 15.0 Å². The number of H-pyrrole nitrogens is 1. The van der Waals surface area contributed by atoms with Crippen LogP contribution >= 0.6 is 11.3 Å². The molecule has 0 atom stereocenters. The van der Waals surface area contributed by atoms with Crippen LogP contribution in [0.5, 0.6) is 5.75 Å². The third-order valence-corrected chi connectivity index (χ3v) is 5.54. The zero-order valence-electron chi connectivity index (χ0n) is 14.1. The number of benzene rings is 1. The summed E-state index contributed by atoms with van der Waals surface area (Å²) in [6, 6.07) is 14.4. The molecule has 1 aliphatic heterocycles. The highest BCUT2D eigenvalue weighted by atomic mass is 32.1. The fourth-order valence-corrected chi connectivity index (χ4v) is 4.28. The third-order valence-electron chi connectivity index (χ3n) is 4.87. The fourth-order valence-electron chi connectivity index (χ4n) is 3.65. The molecular weight excluding hydrogens is 330 g/mol. The molecule has 0 aliphatic carbocycles. The summed E-state index contributed by atoms with van der Waals surface area (Å²) in [4.78, 5) is 8.20. The Balaban J connectivity index is 1.49. The van der Waals surface area contributed by atoms with Crippen LogP contribution < -0.4 is 4.90 Å². The molecule has 3 heterocycles. The van der Waals surface area contributed by atoms with E-state index in [1.807, 2.05) is 18.3 Å². The number of nitrogens with zero attached hydrogens (tertiary/aromatic N) is 2. The first kappa shape index (κ1) is 16.2. The summed E-state index contributed by atoms with van der Waals surface area (Å²) in [7, 11) is 0. The molecule has 0 spiro atoms. The Morgan fingerprint density at radius 3 is 2.68 bits per heavy atom. The number of hydrogen-bond donors (Lipinski definition) is 2. The Bertz CT molecular complexity index is 777. The van der Waals surface area contributed by atoms with Crippen molar-refractivity contribution in [1.29, 1.82) is 0 Å². The molecule has 0 bridgehead atoms. The Hall–Kier alpha value is -2.24. The van der Waals surface area contributed by atoms with Crippen LogP contribution in [0.15, 0.2) is 59.4 Å². The van der Waals surface area contributed by atoms with Crippen molar-refractivity contribution in [3.05, 3.63) is 65.1 Å². The molecule has 0 radical (unpaired) electrons. The summed E-state index contributed by atoms with van der Waals surface area (Å²) in [6.07, 6.45) is 4.22. The van der Waals surface area contributed by atoms with Crippen LogP contribution in [0.3, 0.4) is 0 Å². The predicted octanol–water partition coefficient (Wildman–Crippen LogP) is 4.58. The molecule has 4 nitrogen and oxygen atoms in total. The fraction of sp³-hybridized carbons (Fsp3) is 0.300. The highest BCUT2D eigenvalue weighted by Gasteiger charge is 2.26. The number of nitrogens with one attached hydrogen (secondary N) is 1. The second kappa shape index (κ2) is 7.33. The van der Waals surface area contributed by atoms with E-state index in [9.17, 15) is 5.11 Å². The van der Waals surface area contributed by atoms with Gasteiger partial charge in [-0.1, -0.05) is 6.07 Å². The Kier molecular flexibility index (Phi) is 4.76. The number of anilines is 2. The quantitative estimate of drug-likeness (QED) is 0.705. The molecule has 1 saturated heterocycles. The average molecular weight is 353 g/mol. The number of likely N-dealkylation sites (tertiary alicyclic amines) is 1. The van der Waals surface area contributed by atoms with Gasteiger partial charge in [-0.05, 0) is 48.6 Å². The molecule has 2 aromatic heterocycles. The molecule has 25 heavy (non-hydrogen) atoms. The minimum atomic E-state index is 0.321. The normalized spacial score (nSPS) is 16.2. The maximum atomic E-state index is 9.91. The number of piperidine rings is 1. The van der Waals surface area contributed by atoms with Crippen molar-refractivity contribution >= 4 is 22.7 Å². The van der Waals surface area contributed by atoms with Gasteiger partial charge in [0.2, 0.25) is 0 Å². The largest absolute Gasteiger partial charge is 0.508 e. The minimum Gasteiger partial charge on any atom is -0.508 e. The molecule has 1 fully saturated rings. The van der Waals surface area contributed by atoms with E-state index in [4.69, 9.17) is 0 Å². The first-order valence-corrected chi connectivity index (χ1v) is 9.69. The number of aromatic amines is 1. The monoisotopic (exact) mass is 353 g/mol. The number of phenolic OH excluding ortho intramolecular Hbond substituents is 1. The Morgan fingerprint density at radius 1 is 1.12 bits per heavy atom. The lowest BCUT2D eigenvalue weighted by Gasteiger charge is -2.39. The number of aromatic nitrogens is 1. The molecule has 2 N–H and O–H groups in total. The predicted molar refractivity (Wildman–Crippen MR) is 104 cm³/mol. The number of thiophene rings is 1. The summed E-state index contributed by atoms with van der Waals surface area (Å²) >= 11 is 1.72. The number of hydrogen-bond acceptors (Lipinski definition) is 4. The van der Waals surface area contributed by atoms with Crippen LogP contribution in [-0.2, 0) is 6.54 Å². The van der Waals surface area contributed by atoms with Crippen molar-refractivity contribution in [2.24, 2.45) is 0 Å². The van der Waals surface area contributed by atoms with Crippen LogP contribution in [-0.4, -0.2) is 34.1 Å². The lowest BCUT2D eigenvalue weighted by atomic mass is 10.0. The van der Waals surface area contributed by atoms with Crippen LogP contribution in [0.2, 0.25) is 0 Å². The van der Waals surface area contributed by atoms with Crippen molar-refractivity contribution in [3.63, 3.8) is 0 Å². The number of aromatic hydroxyl groups is 1. The zero-order valence-corrected chi connectivity index (χ0v) is 15.0. The molecule has 1 aliphatic rings. The Morgan fingerprint density at radius 2 is 2.00 bits per heavy atom.